The smallest absolute Gasteiger partial charge is 0.133 e. The van der Waals surface area contributed by atoms with E-state index in [4.69, 9.17) is 0 Å². The van der Waals surface area contributed by atoms with Gasteiger partial charge >= 0.3 is 0 Å². The van der Waals surface area contributed by atoms with Crippen LogP contribution in [0.1, 0.15) is 98.3 Å². The van der Waals surface area contributed by atoms with Crippen LogP contribution in [0.4, 0.5) is 0 Å². The van der Waals surface area contributed by atoms with Crippen LogP contribution in [0.15, 0.2) is 11.6 Å². The SMILES string of the molecule is CCCCC(C)C1CCC2C3=CCC4CC(=O)CCC4(C)C3CCC21C. The predicted molar refractivity (Wildman–Crippen MR) is 109 cm³/mol. The number of Topliss-reactive ketones (excluding diaryl/α,β-unsaturated/α-hetero) is 1. The van der Waals surface area contributed by atoms with E-state index in [1.54, 1.807) is 0 Å². The molecule has 7 atom stereocenters. The Bertz CT molecular complexity index is 589. The number of hydrogen-bond acceptors (Lipinski definition) is 1. The van der Waals surface area contributed by atoms with Crippen LogP contribution in [-0.4, -0.2) is 5.78 Å². The highest BCUT2D eigenvalue weighted by Gasteiger charge is 2.58. The monoisotopic (exact) mass is 356 g/mol. The number of ketones is 1. The molecule has 0 saturated heterocycles. The molecule has 26 heavy (non-hydrogen) atoms. The zero-order chi connectivity index (χ0) is 18.5. The molecule has 1 nitrogen and oxygen atoms in total. The summed E-state index contributed by atoms with van der Waals surface area (Å²) in [7, 11) is 0. The first-order valence-electron chi connectivity index (χ1n) is 11.6. The largest absolute Gasteiger partial charge is 0.300 e. The molecule has 4 rings (SSSR count). The van der Waals surface area contributed by atoms with Crippen molar-refractivity contribution in [3.05, 3.63) is 11.6 Å². The molecule has 146 valence electrons. The van der Waals surface area contributed by atoms with Gasteiger partial charge in [0.05, 0.1) is 0 Å². The van der Waals surface area contributed by atoms with E-state index in [0.29, 0.717) is 22.5 Å². The van der Waals surface area contributed by atoms with Gasteiger partial charge in [0.2, 0.25) is 0 Å². The van der Waals surface area contributed by atoms with E-state index in [9.17, 15) is 4.79 Å². The fourth-order valence-corrected chi connectivity index (χ4v) is 8.01. The zero-order valence-electron chi connectivity index (χ0n) is 17.7. The fourth-order valence-electron chi connectivity index (χ4n) is 8.01. The summed E-state index contributed by atoms with van der Waals surface area (Å²) in [5.41, 5.74) is 2.80. The molecule has 0 aromatic heterocycles. The van der Waals surface area contributed by atoms with Crippen LogP contribution in [0.2, 0.25) is 0 Å². The molecule has 7 unspecified atom stereocenters. The molecule has 1 heteroatoms. The van der Waals surface area contributed by atoms with Gasteiger partial charge in [-0.3, -0.25) is 4.79 Å². The summed E-state index contributed by atoms with van der Waals surface area (Å²) in [5.74, 6) is 4.58. The summed E-state index contributed by atoms with van der Waals surface area (Å²) in [6.45, 7) is 10.1. The highest BCUT2D eigenvalue weighted by Crippen LogP contribution is 2.66. The maximum absolute atomic E-state index is 12.0. The van der Waals surface area contributed by atoms with E-state index < -0.39 is 0 Å². The van der Waals surface area contributed by atoms with Gasteiger partial charge in [0.25, 0.3) is 0 Å². The minimum Gasteiger partial charge on any atom is -0.300 e. The first-order chi connectivity index (χ1) is 12.4. The average molecular weight is 357 g/mol. The molecule has 3 saturated carbocycles. The molecule has 0 spiro atoms. The highest BCUT2D eigenvalue weighted by molar-refractivity contribution is 5.79. The van der Waals surface area contributed by atoms with Crippen molar-refractivity contribution >= 4 is 5.78 Å². The van der Waals surface area contributed by atoms with Crippen LogP contribution in [-0.2, 0) is 4.79 Å². The summed E-state index contributed by atoms with van der Waals surface area (Å²) in [6, 6.07) is 0. The minimum atomic E-state index is 0.408. The van der Waals surface area contributed by atoms with Gasteiger partial charge in [-0.15, -0.1) is 0 Å². The van der Waals surface area contributed by atoms with Crippen molar-refractivity contribution in [2.45, 2.75) is 98.3 Å². The van der Waals surface area contributed by atoms with Crippen molar-refractivity contribution in [1.29, 1.82) is 0 Å². The van der Waals surface area contributed by atoms with Crippen molar-refractivity contribution in [3.63, 3.8) is 0 Å². The van der Waals surface area contributed by atoms with E-state index in [-0.39, 0.29) is 0 Å². The van der Waals surface area contributed by atoms with Crippen molar-refractivity contribution < 1.29 is 4.79 Å². The molecule has 0 aliphatic heterocycles. The number of allylic oxidation sites excluding steroid dienone is 2. The van der Waals surface area contributed by atoms with Crippen LogP contribution in [0.5, 0.6) is 0 Å². The Hall–Kier alpha value is -0.590. The topological polar surface area (TPSA) is 17.1 Å². The Balaban J connectivity index is 1.58. The Morgan fingerprint density at radius 3 is 2.65 bits per heavy atom. The number of fused-ring (bicyclic) bond motifs is 5. The summed E-state index contributed by atoms with van der Waals surface area (Å²) in [4.78, 5) is 12.0. The van der Waals surface area contributed by atoms with E-state index in [0.717, 1.165) is 42.9 Å². The molecule has 0 N–H and O–H groups in total. The highest BCUT2D eigenvalue weighted by atomic mass is 16.1. The third-order valence-electron chi connectivity index (χ3n) is 9.67. The molecule has 4 aliphatic carbocycles. The number of carbonyl (C=O) groups is 1. The van der Waals surface area contributed by atoms with Crippen molar-refractivity contribution in [2.24, 2.45) is 40.4 Å². The summed E-state index contributed by atoms with van der Waals surface area (Å²) in [6.07, 6.45) is 16.5. The third-order valence-corrected chi connectivity index (χ3v) is 9.67. The summed E-state index contributed by atoms with van der Waals surface area (Å²) in [5, 5.41) is 0. The van der Waals surface area contributed by atoms with Gasteiger partial charge in [-0.1, -0.05) is 58.6 Å². The van der Waals surface area contributed by atoms with Crippen molar-refractivity contribution in [2.75, 3.05) is 0 Å². The van der Waals surface area contributed by atoms with Crippen molar-refractivity contribution in [3.8, 4) is 0 Å². The normalized spacial score (nSPS) is 46.2. The maximum Gasteiger partial charge on any atom is 0.133 e. The lowest BCUT2D eigenvalue weighted by atomic mass is 9.47. The van der Waals surface area contributed by atoms with Gasteiger partial charge in [-0.25, -0.2) is 0 Å². The first-order valence-corrected chi connectivity index (χ1v) is 11.6. The molecular weight excluding hydrogens is 316 g/mol. The average Bonchev–Trinajstić information content (AvgIpc) is 2.97. The number of rotatable bonds is 4. The summed E-state index contributed by atoms with van der Waals surface area (Å²) >= 11 is 0. The molecule has 3 fully saturated rings. The molecule has 0 amide bonds. The van der Waals surface area contributed by atoms with E-state index in [1.807, 2.05) is 5.57 Å². The third kappa shape index (κ3) is 2.75. The Morgan fingerprint density at radius 2 is 1.88 bits per heavy atom. The lowest BCUT2D eigenvalue weighted by Crippen LogP contribution is -2.49. The van der Waals surface area contributed by atoms with E-state index in [2.05, 4.69) is 33.8 Å². The quantitative estimate of drug-likeness (QED) is 0.497. The van der Waals surface area contributed by atoms with Crippen molar-refractivity contribution in [1.82, 2.24) is 0 Å². The van der Waals surface area contributed by atoms with Crippen LogP contribution in [0, 0.1) is 40.4 Å². The Labute approximate surface area is 161 Å². The second-order valence-corrected chi connectivity index (χ2v) is 10.8. The number of carbonyl (C=O) groups excluding carboxylic acids is 1. The van der Waals surface area contributed by atoms with Crippen LogP contribution >= 0.6 is 0 Å². The van der Waals surface area contributed by atoms with Crippen LogP contribution in [0.3, 0.4) is 0 Å². The fraction of sp³-hybridized carbons (Fsp3) is 0.880. The molecule has 4 aliphatic rings. The van der Waals surface area contributed by atoms with Gasteiger partial charge in [-0.05, 0) is 78.9 Å². The molecular formula is C25H40O. The van der Waals surface area contributed by atoms with Gasteiger partial charge in [0.15, 0.2) is 0 Å². The lowest BCUT2D eigenvalue weighted by molar-refractivity contribution is -0.127. The Kier molecular flexibility index (Phi) is 4.89. The molecule has 0 bridgehead atoms. The van der Waals surface area contributed by atoms with Crippen LogP contribution < -0.4 is 0 Å². The first kappa shape index (κ1) is 18.8. The lowest BCUT2D eigenvalue weighted by Gasteiger charge is -2.57. The van der Waals surface area contributed by atoms with E-state index >= 15 is 0 Å². The van der Waals surface area contributed by atoms with Gasteiger partial charge in [0.1, 0.15) is 5.78 Å². The number of hydrogen-bond donors (Lipinski definition) is 0. The second kappa shape index (κ2) is 6.78. The maximum atomic E-state index is 12.0. The minimum absolute atomic E-state index is 0.408. The van der Waals surface area contributed by atoms with Gasteiger partial charge in [0, 0.05) is 12.8 Å². The van der Waals surface area contributed by atoms with Gasteiger partial charge in [-0.2, -0.15) is 0 Å². The molecule has 0 heterocycles. The molecule has 0 aromatic rings. The van der Waals surface area contributed by atoms with E-state index in [1.165, 1.54) is 51.4 Å². The molecule has 0 aromatic carbocycles. The summed E-state index contributed by atoms with van der Waals surface area (Å²) < 4.78 is 0. The zero-order valence-corrected chi connectivity index (χ0v) is 17.7. The standard InChI is InChI=1S/C25H40O/c1-5-6-7-17(2)21-10-11-22-20-9-8-18-16-19(26)12-14-24(18,3)23(20)13-15-25(21,22)4/h9,17-18,21-23H,5-8,10-16H2,1-4H3. The number of unbranched alkanes of at least 4 members (excludes halogenated alkanes) is 1. The molecule has 0 radical (unpaired) electrons. The predicted octanol–water partition coefficient (Wildman–Crippen LogP) is 6.96. The second-order valence-electron chi connectivity index (χ2n) is 10.8. The Morgan fingerprint density at radius 1 is 1.12 bits per heavy atom. The van der Waals surface area contributed by atoms with Crippen LogP contribution in [0.25, 0.3) is 0 Å². The van der Waals surface area contributed by atoms with Gasteiger partial charge < -0.3 is 0 Å².